The molecule has 1 aliphatic rings. The summed E-state index contributed by atoms with van der Waals surface area (Å²) in [6, 6.07) is 7.85. The molecule has 0 saturated heterocycles. The van der Waals surface area contributed by atoms with Crippen LogP contribution in [0.4, 0.5) is 5.69 Å². The molecule has 0 spiro atoms. The van der Waals surface area contributed by atoms with E-state index in [-0.39, 0.29) is 17.2 Å². The Morgan fingerprint density at radius 2 is 1.76 bits per heavy atom. The Kier molecular flexibility index (Phi) is 8.49. The highest BCUT2D eigenvalue weighted by Gasteiger charge is 2.42. The molecular weight excluding hydrogens is 366 g/mol. The predicted octanol–water partition coefficient (Wildman–Crippen LogP) is 2.39. The second-order valence-electron chi connectivity index (χ2n) is 7.94. The van der Waals surface area contributed by atoms with Gasteiger partial charge < -0.3 is 20.9 Å². The van der Waals surface area contributed by atoms with E-state index >= 15 is 0 Å². The van der Waals surface area contributed by atoms with Crippen LogP contribution in [0, 0.1) is 5.41 Å². The van der Waals surface area contributed by atoms with Gasteiger partial charge in [0.25, 0.3) is 0 Å². The van der Waals surface area contributed by atoms with Crippen LogP contribution in [0.25, 0.3) is 0 Å². The predicted molar refractivity (Wildman–Crippen MR) is 118 cm³/mol. The number of aliphatic imine (C=N–C) groups is 1. The van der Waals surface area contributed by atoms with Crippen molar-refractivity contribution in [1.82, 2.24) is 15.5 Å². The van der Waals surface area contributed by atoms with Crippen molar-refractivity contribution in [2.45, 2.75) is 46.0 Å². The van der Waals surface area contributed by atoms with Gasteiger partial charge in [0.05, 0.1) is 12.0 Å². The molecule has 1 aromatic rings. The van der Waals surface area contributed by atoms with E-state index in [2.05, 4.69) is 16.0 Å². The standard InChI is InChI=1S/C22H35N5O2/c1-5-23-21(25-16-22(13-6-7-14-22)20(29)27(3)4)24-15-12-18-8-10-19(11-9-18)26-17(2)28/h8-11H,5-7,12-16H2,1-4H3,(H,26,28)(H2,23,24,25). The quantitative estimate of drug-likeness (QED) is 0.461. The maximum atomic E-state index is 12.7. The maximum Gasteiger partial charge on any atom is 0.230 e. The number of rotatable bonds is 8. The lowest BCUT2D eigenvalue weighted by molar-refractivity contribution is -0.138. The van der Waals surface area contributed by atoms with Crippen molar-refractivity contribution in [2.75, 3.05) is 39.0 Å². The van der Waals surface area contributed by atoms with Gasteiger partial charge in [0.1, 0.15) is 0 Å². The van der Waals surface area contributed by atoms with Crippen LogP contribution in [0.1, 0.15) is 45.1 Å². The lowest BCUT2D eigenvalue weighted by Gasteiger charge is -2.29. The molecule has 1 saturated carbocycles. The molecule has 3 N–H and O–H groups in total. The number of carbonyl (C=O) groups is 2. The molecule has 0 aliphatic heterocycles. The van der Waals surface area contributed by atoms with Crippen molar-refractivity contribution < 1.29 is 9.59 Å². The van der Waals surface area contributed by atoms with E-state index < -0.39 is 0 Å². The highest BCUT2D eigenvalue weighted by atomic mass is 16.2. The van der Waals surface area contributed by atoms with Crippen LogP contribution >= 0.6 is 0 Å². The Bertz CT molecular complexity index is 706. The van der Waals surface area contributed by atoms with Gasteiger partial charge in [-0.2, -0.15) is 0 Å². The van der Waals surface area contributed by atoms with Gasteiger partial charge in [0.15, 0.2) is 5.96 Å². The van der Waals surface area contributed by atoms with Crippen LogP contribution in [-0.4, -0.2) is 56.4 Å². The first-order chi connectivity index (χ1) is 13.9. The van der Waals surface area contributed by atoms with Crippen molar-refractivity contribution in [3.05, 3.63) is 29.8 Å². The monoisotopic (exact) mass is 401 g/mol. The number of amides is 2. The Balaban J connectivity index is 1.93. The normalized spacial score (nSPS) is 15.7. The minimum Gasteiger partial charge on any atom is -0.357 e. The first kappa shape index (κ1) is 22.7. The summed E-state index contributed by atoms with van der Waals surface area (Å²) in [7, 11) is 3.65. The molecule has 1 fully saturated rings. The highest BCUT2D eigenvalue weighted by Crippen LogP contribution is 2.39. The lowest BCUT2D eigenvalue weighted by Crippen LogP contribution is -2.43. The fourth-order valence-electron chi connectivity index (χ4n) is 3.82. The number of nitrogens with one attached hydrogen (secondary N) is 3. The molecular formula is C22H35N5O2. The van der Waals surface area contributed by atoms with Crippen molar-refractivity contribution in [2.24, 2.45) is 10.4 Å². The Hall–Kier alpha value is -2.57. The van der Waals surface area contributed by atoms with E-state index in [9.17, 15) is 9.59 Å². The average molecular weight is 402 g/mol. The van der Waals surface area contributed by atoms with E-state index in [1.165, 1.54) is 12.5 Å². The van der Waals surface area contributed by atoms with Crippen molar-refractivity contribution in [3.8, 4) is 0 Å². The third kappa shape index (κ3) is 6.76. The Morgan fingerprint density at radius 3 is 2.31 bits per heavy atom. The molecule has 2 amide bonds. The SMILES string of the molecule is CCNC(=NCC1(C(=O)N(C)C)CCCC1)NCCc1ccc(NC(C)=O)cc1. The number of hydrogen-bond donors (Lipinski definition) is 3. The minimum absolute atomic E-state index is 0.0707. The van der Waals surface area contributed by atoms with Crippen LogP contribution in [0.3, 0.4) is 0 Å². The third-order valence-electron chi connectivity index (χ3n) is 5.28. The average Bonchev–Trinajstić information content (AvgIpc) is 3.16. The number of anilines is 1. The van der Waals surface area contributed by atoms with E-state index in [1.54, 1.807) is 4.90 Å². The van der Waals surface area contributed by atoms with Crippen LogP contribution in [0.15, 0.2) is 29.3 Å². The van der Waals surface area contributed by atoms with Gasteiger partial charge in [-0.15, -0.1) is 0 Å². The van der Waals surface area contributed by atoms with Crippen LogP contribution in [0.2, 0.25) is 0 Å². The molecule has 0 atom stereocenters. The fourth-order valence-corrected chi connectivity index (χ4v) is 3.82. The first-order valence-electron chi connectivity index (χ1n) is 10.5. The number of benzene rings is 1. The molecule has 7 nitrogen and oxygen atoms in total. The molecule has 0 aromatic heterocycles. The summed E-state index contributed by atoms with van der Waals surface area (Å²) >= 11 is 0. The molecule has 0 radical (unpaired) electrons. The summed E-state index contributed by atoms with van der Waals surface area (Å²) in [5.74, 6) is 0.868. The zero-order chi connectivity index (χ0) is 21.3. The van der Waals surface area contributed by atoms with E-state index in [0.717, 1.165) is 56.8 Å². The van der Waals surface area contributed by atoms with Gasteiger partial charge in [-0.05, 0) is 43.9 Å². The van der Waals surface area contributed by atoms with Gasteiger partial charge >= 0.3 is 0 Å². The lowest BCUT2D eigenvalue weighted by atomic mass is 9.85. The molecule has 0 heterocycles. The number of nitrogens with zero attached hydrogens (tertiary/aromatic N) is 2. The molecule has 0 bridgehead atoms. The topological polar surface area (TPSA) is 85.8 Å². The summed E-state index contributed by atoms with van der Waals surface area (Å²) < 4.78 is 0. The Morgan fingerprint density at radius 1 is 1.10 bits per heavy atom. The smallest absolute Gasteiger partial charge is 0.230 e. The van der Waals surface area contributed by atoms with Crippen LogP contribution in [-0.2, 0) is 16.0 Å². The van der Waals surface area contributed by atoms with E-state index in [0.29, 0.717) is 6.54 Å². The van der Waals surface area contributed by atoms with Crippen LogP contribution in [0.5, 0.6) is 0 Å². The summed E-state index contributed by atoms with van der Waals surface area (Å²) in [5, 5.41) is 9.42. The molecule has 2 rings (SSSR count). The molecule has 0 unspecified atom stereocenters. The summed E-state index contributed by atoms with van der Waals surface area (Å²) in [4.78, 5) is 30.3. The second-order valence-corrected chi connectivity index (χ2v) is 7.94. The largest absolute Gasteiger partial charge is 0.357 e. The molecule has 1 aliphatic carbocycles. The second kappa shape index (κ2) is 10.8. The third-order valence-corrected chi connectivity index (χ3v) is 5.28. The van der Waals surface area contributed by atoms with Gasteiger partial charge in [-0.1, -0.05) is 25.0 Å². The van der Waals surface area contributed by atoms with Gasteiger partial charge in [-0.3, -0.25) is 14.6 Å². The van der Waals surface area contributed by atoms with Gasteiger partial charge in [0, 0.05) is 39.8 Å². The minimum atomic E-state index is -0.356. The van der Waals surface area contributed by atoms with Crippen molar-refractivity contribution >= 4 is 23.5 Å². The first-order valence-corrected chi connectivity index (χ1v) is 10.5. The fraction of sp³-hybridized carbons (Fsp3) is 0.591. The van der Waals surface area contributed by atoms with Crippen LogP contribution < -0.4 is 16.0 Å². The number of guanidine groups is 1. The molecule has 160 valence electrons. The highest BCUT2D eigenvalue weighted by molar-refractivity contribution is 5.88. The van der Waals surface area contributed by atoms with Gasteiger partial charge in [0.2, 0.25) is 11.8 Å². The molecule has 7 heteroatoms. The van der Waals surface area contributed by atoms with E-state index in [1.807, 2.05) is 45.3 Å². The zero-order valence-electron chi connectivity index (χ0n) is 18.2. The van der Waals surface area contributed by atoms with E-state index in [4.69, 9.17) is 4.99 Å². The number of hydrogen-bond acceptors (Lipinski definition) is 3. The zero-order valence-corrected chi connectivity index (χ0v) is 18.2. The summed E-state index contributed by atoms with van der Waals surface area (Å²) in [5.41, 5.74) is 1.62. The van der Waals surface area contributed by atoms with Crippen molar-refractivity contribution in [3.63, 3.8) is 0 Å². The maximum absolute atomic E-state index is 12.7. The van der Waals surface area contributed by atoms with Gasteiger partial charge in [-0.25, -0.2) is 0 Å². The Labute approximate surface area is 174 Å². The number of carbonyl (C=O) groups excluding carboxylic acids is 2. The molecule has 1 aromatic carbocycles. The summed E-state index contributed by atoms with van der Waals surface area (Å²) in [6.07, 6.45) is 4.84. The van der Waals surface area contributed by atoms with Crippen molar-refractivity contribution in [1.29, 1.82) is 0 Å². The summed E-state index contributed by atoms with van der Waals surface area (Å²) in [6.45, 7) is 5.56. The molecule has 29 heavy (non-hydrogen) atoms.